The Bertz CT molecular complexity index is 413. The molecule has 0 saturated heterocycles. The highest BCUT2D eigenvalue weighted by molar-refractivity contribution is 5.85. The van der Waals surface area contributed by atoms with Crippen LogP contribution in [0.1, 0.15) is 37.3 Å². The molecule has 1 atom stereocenters. The molecule has 18 heavy (non-hydrogen) atoms. The van der Waals surface area contributed by atoms with Crippen molar-refractivity contribution >= 4 is 12.2 Å². The second kappa shape index (κ2) is 6.05. The van der Waals surface area contributed by atoms with E-state index in [-0.39, 0.29) is 6.54 Å². The number of imide groups is 1. The Morgan fingerprint density at radius 1 is 1.17 bits per heavy atom. The predicted octanol–water partition coefficient (Wildman–Crippen LogP) is 3.36. The smallest absolute Gasteiger partial charge is 0.417 e. The summed E-state index contributed by atoms with van der Waals surface area (Å²) in [5.41, 5.74) is 1.82. The number of rotatable bonds is 4. The average Bonchev–Trinajstić information content (AvgIpc) is 2.35. The van der Waals surface area contributed by atoms with Crippen molar-refractivity contribution in [2.75, 3.05) is 0 Å². The number of hydrogen-bond acceptors (Lipinski definition) is 2. The second-order valence-corrected chi connectivity index (χ2v) is 4.20. The van der Waals surface area contributed by atoms with Crippen LogP contribution in [-0.4, -0.2) is 27.3 Å². The molecule has 0 aliphatic heterocycles. The van der Waals surface area contributed by atoms with Gasteiger partial charge in [0, 0.05) is 0 Å². The number of benzene rings is 1. The summed E-state index contributed by atoms with van der Waals surface area (Å²) in [4.78, 5) is 21.8. The largest absolute Gasteiger partial charge is 0.465 e. The topological polar surface area (TPSA) is 77.8 Å². The molecule has 1 unspecified atom stereocenters. The van der Waals surface area contributed by atoms with Crippen molar-refractivity contribution < 1.29 is 19.8 Å². The molecule has 2 amide bonds. The second-order valence-electron chi connectivity index (χ2n) is 4.20. The first-order valence-electron chi connectivity index (χ1n) is 5.78. The minimum Gasteiger partial charge on any atom is -0.465 e. The van der Waals surface area contributed by atoms with Crippen molar-refractivity contribution in [2.45, 2.75) is 32.7 Å². The molecule has 5 heteroatoms. The highest BCUT2D eigenvalue weighted by atomic mass is 16.4. The predicted molar refractivity (Wildman–Crippen MR) is 66.7 cm³/mol. The fourth-order valence-electron chi connectivity index (χ4n) is 1.59. The molecule has 1 aromatic carbocycles. The molecule has 1 rings (SSSR count). The highest BCUT2D eigenvalue weighted by Gasteiger charge is 2.19. The zero-order valence-corrected chi connectivity index (χ0v) is 10.5. The SMILES string of the molecule is CCC(C)c1ccc(CN(C(=O)O)C(=O)O)cc1. The maximum atomic E-state index is 10.7. The van der Waals surface area contributed by atoms with Crippen LogP contribution in [0.25, 0.3) is 0 Å². The third-order valence-electron chi connectivity index (χ3n) is 2.96. The third-order valence-corrected chi connectivity index (χ3v) is 2.96. The summed E-state index contributed by atoms with van der Waals surface area (Å²) in [6.45, 7) is 4.05. The Morgan fingerprint density at radius 2 is 1.67 bits per heavy atom. The van der Waals surface area contributed by atoms with Gasteiger partial charge < -0.3 is 10.2 Å². The molecule has 2 N–H and O–H groups in total. The summed E-state index contributed by atoms with van der Waals surface area (Å²) < 4.78 is 0. The Kier molecular flexibility index (Phi) is 4.71. The Hall–Kier alpha value is -2.04. The van der Waals surface area contributed by atoms with Crippen LogP contribution in [0.2, 0.25) is 0 Å². The van der Waals surface area contributed by atoms with Gasteiger partial charge in [0.2, 0.25) is 0 Å². The first-order chi connectivity index (χ1) is 8.45. The van der Waals surface area contributed by atoms with E-state index < -0.39 is 12.2 Å². The summed E-state index contributed by atoms with van der Waals surface area (Å²) in [5.74, 6) is 0.439. The molecule has 0 heterocycles. The van der Waals surface area contributed by atoms with Gasteiger partial charge in [-0.1, -0.05) is 38.1 Å². The molecule has 5 nitrogen and oxygen atoms in total. The summed E-state index contributed by atoms with van der Waals surface area (Å²) >= 11 is 0. The molecule has 0 aliphatic carbocycles. The van der Waals surface area contributed by atoms with Gasteiger partial charge in [0.1, 0.15) is 0 Å². The number of amides is 2. The van der Waals surface area contributed by atoms with Crippen molar-refractivity contribution in [3.8, 4) is 0 Å². The fraction of sp³-hybridized carbons (Fsp3) is 0.385. The maximum Gasteiger partial charge on any atom is 0.417 e. The van der Waals surface area contributed by atoms with E-state index in [1.807, 2.05) is 12.1 Å². The van der Waals surface area contributed by atoms with Crippen LogP contribution >= 0.6 is 0 Å². The monoisotopic (exact) mass is 251 g/mol. The quantitative estimate of drug-likeness (QED) is 0.860. The lowest BCUT2D eigenvalue weighted by molar-refractivity contribution is 0.120. The minimum atomic E-state index is -1.46. The van der Waals surface area contributed by atoms with Crippen LogP contribution in [0.4, 0.5) is 9.59 Å². The summed E-state index contributed by atoms with van der Waals surface area (Å²) in [7, 11) is 0. The van der Waals surface area contributed by atoms with Crippen molar-refractivity contribution in [2.24, 2.45) is 0 Å². The van der Waals surface area contributed by atoms with Crippen LogP contribution in [0.5, 0.6) is 0 Å². The van der Waals surface area contributed by atoms with Gasteiger partial charge in [0.15, 0.2) is 0 Å². The fourth-order valence-corrected chi connectivity index (χ4v) is 1.59. The molecule has 98 valence electrons. The molecule has 0 fully saturated rings. The lowest BCUT2D eigenvalue weighted by Crippen LogP contribution is -2.33. The van der Waals surface area contributed by atoms with E-state index in [1.54, 1.807) is 12.1 Å². The van der Waals surface area contributed by atoms with E-state index in [9.17, 15) is 9.59 Å². The molecule has 0 spiro atoms. The number of hydrogen-bond donors (Lipinski definition) is 2. The average molecular weight is 251 g/mol. The summed E-state index contributed by atoms with van der Waals surface area (Å²) in [6.07, 6.45) is -1.91. The summed E-state index contributed by atoms with van der Waals surface area (Å²) in [6, 6.07) is 7.34. The van der Waals surface area contributed by atoms with Crippen LogP contribution < -0.4 is 0 Å². The van der Waals surface area contributed by atoms with E-state index in [0.717, 1.165) is 6.42 Å². The van der Waals surface area contributed by atoms with E-state index >= 15 is 0 Å². The van der Waals surface area contributed by atoms with Gasteiger partial charge in [-0.3, -0.25) is 0 Å². The lowest BCUT2D eigenvalue weighted by atomic mass is 9.97. The van der Waals surface area contributed by atoms with E-state index in [1.165, 1.54) is 5.56 Å². The first-order valence-corrected chi connectivity index (χ1v) is 5.78. The van der Waals surface area contributed by atoms with E-state index in [2.05, 4.69) is 13.8 Å². The molecule has 1 aromatic rings. The Labute approximate surface area is 106 Å². The number of carboxylic acid groups (broad SMARTS) is 2. The molecule has 0 bridgehead atoms. The lowest BCUT2D eigenvalue weighted by Gasteiger charge is -2.14. The zero-order valence-electron chi connectivity index (χ0n) is 10.5. The molecule has 0 saturated carbocycles. The highest BCUT2D eigenvalue weighted by Crippen LogP contribution is 2.19. The van der Waals surface area contributed by atoms with E-state index in [4.69, 9.17) is 10.2 Å². The number of nitrogens with zero attached hydrogens (tertiary/aromatic N) is 1. The summed E-state index contributed by atoms with van der Waals surface area (Å²) in [5, 5.41) is 17.5. The van der Waals surface area contributed by atoms with Crippen LogP contribution in [0.15, 0.2) is 24.3 Å². The standard InChI is InChI=1S/C13H17NO4/c1-3-9(2)11-6-4-10(5-7-11)8-14(12(15)16)13(17)18/h4-7,9H,3,8H2,1-2H3,(H,15,16)(H,17,18). The molecule has 0 radical (unpaired) electrons. The third kappa shape index (κ3) is 3.48. The van der Waals surface area contributed by atoms with Crippen molar-refractivity contribution in [1.29, 1.82) is 0 Å². The zero-order chi connectivity index (χ0) is 13.7. The van der Waals surface area contributed by atoms with Gasteiger partial charge in [-0.25, -0.2) is 14.5 Å². The van der Waals surface area contributed by atoms with Crippen LogP contribution in [-0.2, 0) is 6.54 Å². The molecule has 0 aliphatic rings. The van der Waals surface area contributed by atoms with Crippen molar-refractivity contribution in [3.63, 3.8) is 0 Å². The van der Waals surface area contributed by atoms with Gasteiger partial charge in [-0.05, 0) is 23.5 Å². The van der Waals surface area contributed by atoms with Crippen LogP contribution in [0.3, 0.4) is 0 Å². The van der Waals surface area contributed by atoms with Gasteiger partial charge in [0.05, 0.1) is 6.54 Å². The maximum absolute atomic E-state index is 10.7. The molecular weight excluding hydrogens is 234 g/mol. The Balaban J connectivity index is 2.79. The minimum absolute atomic E-state index is 0.147. The molecule has 0 aromatic heterocycles. The van der Waals surface area contributed by atoms with E-state index in [0.29, 0.717) is 16.4 Å². The normalized spacial score (nSPS) is 11.9. The Morgan fingerprint density at radius 3 is 2.06 bits per heavy atom. The molecular formula is C13H17NO4. The number of carbonyl (C=O) groups is 2. The van der Waals surface area contributed by atoms with Gasteiger partial charge in [0.25, 0.3) is 0 Å². The van der Waals surface area contributed by atoms with Crippen molar-refractivity contribution in [3.05, 3.63) is 35.4 Å². The van der Waals surface area contributed by atoms with Gasteiger partial charge in [-0.2, -0.15) is 0 Å². The van der Waals surface area contributed by atoms with Gasteiger partial charge >= 0.3 is 12.2 Å². The van der Waals surface area contributed by atoms with Gasteiger partial charge in [-0.15, -0.1) is 0 Å². The van der Waals surface area contributed by atoms with Crippen molar-refractivity contribution in [1.82, 2.24) is 4.90 Å². The first kappa shape index (κ1) is 14.0. The van der Waals surface area contributed by atoms with Crippen LogP contribution in [0, 0.1) is 0 Å².